The number of carbonyl (C=O) groups is 1. The molecular weight excluding hydrogens is 324 g/mol. The number of nitro benzene ring substituents is 1. The highest BCUT2D eigenvalue weighted by Gasteiger charge is 2.22. The third kappa shape index (κ3) is 2.78. The summed E-state index contributed by atoms with van der Waals surface area (Å²) in [5.41, 5.74) is 0.367. The predicted molar refractivity (Wildman–Crippen MR) is 87.5 cm³/mol. The van der Waals surface area contributed by atoms with Gasteiger partial charge in [-0.05, 0) is 36.0 Å². The van der Waals surface area contributed by atoms with Crippen LogP contribution in [0.4, 0.5) is 10.5 Å². The maximum Gasteiger partial charge on any atom is 0.289 e. The van der Waals surface area contributed by atoms with Crippen molar-refractivity contribution in [1.29, 1.82) is 0 Å². The molecule has 1 saturated heterocycles. The van der Waals surface area contributed by atoms with Crippen LogP contribution in [0.25, 0.3) is 17.4 Å². The molecule has 22 heavy (non-hydrogen) atoms. The van der Waals surface area contributed by atoms with Gasteiger partial charge in [0.25, 0.3) is 10.9 Å². The van der Waals surface area contributed by atoms with Crippen molar-refractivity contribution in [3.8, 4) is 11.3 Å². The summed E-state index contributed by atoms with van der Waals surface area (Å²) >= 11 is 6.00. The first-order chi connectivity index (χ1) is 10.5. The summed E-state index contributed by atoms with van der Waals surface area (Å²) in [6.45, 7) is 0. The van der Waals surface area contributed by atoms with Gasteiger partial charge in [0.05, 0.1) is 15.4 Å². The summed E-state index contributed by atoms with van der Waals surface area (Å²) in [4.78, 5) is 22.7. The van der Waals surface area contributed by atoms with Crippen molar-refractivity contribution >= 4 is 46.0 Å². The summed E-state index contributed by atoms with van der Waals surface area (Å²) in [5, 5.41) is 13.3. The summed E-state index contributed by atoms with van der Waals surface area (Å²) in [5.74, 6) is 0.849. The number of nitrogens with zero attached hydrogens (tertiary/aromatic N) is 1. The number of benzene rings is 1. The summed E-state index contributed by atoms with van der Waals surface area (Å²) in [6, 6.07) is 9.65. The zero-order valence-corrected chi connectivity index (χ0v) is 12.6. The number of thiocarbonyl (C=S) groups is 1. The molecule has 3 rings (SSSR count). The lowest BCUT2D eigenvalue weighted by Crippen LogP contribution is -2.15. The molecule has 1 aromatic carbocycles. The number of carbonyl (C=O) groups excluding carboxylic acids is 1. The van der Waals surface area contributed by atoms with E-state index in [0.717, 1.165) is 11.8 Å². The van der Waals surface area contributed by atoms with Crippen molar-refractivity contribution in [2.75, 3.05) is 0 Å². The van der Waals surface area contributed by atoms with Gasteiger partial charge in [0.1, 0.15) is 16.5 Å². The van der Waals surface area contributed by atoms with Crippen molar-refractivity contribution in [2.45, 2.75) is 0 Å². The lowest BCUT2D eigenvalue weighted by Gasteiger charge is -1.98. The molecule has 0 aliphatic carbocycles. The lowest BCUT2D eigenvalue weighted by atomic mass is 10.1. The SMILES string of the molecule is O=C1NC(=S)/C(=C/c2ccc(-c3ccccc3[N+](=O)[O-])o2)S1. The van der Waals surface area contributed by atoms with Crippen molar-refractivity contribution in [1.82, 2.24) is 5.32 Å². The first-order valence-corrected chi connectivity index (χ1v) is 7.35. The Balaban J connectivity index is 1.95. The number of nitrogens with one attached hydrogen (secondary N) is 1. The smallest absolute Gasteiger partial charge is 0.289 e. The second kappa shape index (κ2) is 5.74. The Morgan fingerprint density at radius 2 is 2.05 bits per heavy atom. The first kappa shape index (κ1) is 14.5. The Morgan fingerprint density at radius 1 is 1.27 bits per heavy atom. The molecule has 1 amide bonds. The molecule has 1 aliphatic heterocycles. The normalized spacial score (nSPS) is 16.1. The molecular formula is C14H8N2O4S2. The van der Waals surface area contributed by atoms with E-state index in [0.29, 0.717) is 27.0 Å². The van der Waals surface area contributed by atoms with Crippen LogP contribution in [0.1, 0.15) is 5.76 Å². The third-order valence-corrected chi connectivity index (χ3v) is 4.19. The zero-order valence-electron chi connectivity index (χ0n) is 10.9. The fourth-order valence-corrected chi connectivity index (χ4v) is 2.98. The minimum atomic E-state index is -0.458. The topological polar surface area (TPSA) is 85.4 Å². The quantitative estimate of drug-likeness (QED) is 0.396. The molecule has 8 heteroatoms. The second-order valence-corrected chi connectivity index (χ2v) is 5.75. The number of amides is 1. The number of rotatable bonds is 3. The van der Waals surface area contributed by atoms with E-state index in [1.54, 1.807) is 36.4 Å². The number of furan rings is 1. The van der Waals surface area contributed by atoms with Gasteiger partial charge in [0, 0.05) is 6.07 Å². The maximum atomic E-state index is 11.2. The molecule has 1 aliphatic rings. The van der Waals surface area contributed by atoms with E-state index in [4.69, 9.17) is 16.6 Å². The Labute approximate surface area is 134 Å². The standard InChI is InChI=1S/C14H8N2O4S2/c17-14-15-13(21)12(22-14)7-8-5-6-11(20-8)9-3-1-2-4-10(9)16(18)19/h1-7H,(H,15,17,21)/b12-7-. The van der Waals surface area contributed by atoms with E-state index in [1.165, 1.54) is 6.07 Å². The molecule has 110 valence electrons. The Morgan fingerprint density at radius 3 is 2.73 bits per heavy atom. The molecule has 6 nitrogen and oxygen atoms in total. The van der Waals surface area contributed by atoms with Crippen LogP contribution in [0.5, 0.6) is 0 Å². The zero-order chi connectivity index (χ0) is 15.7. The van der Waals surface area contributed by atoms with Gasteiger partial charge in [0.15, 0.2) is 0 Å². The maximum absolute atomic E-state index is 11.2. The van der Waals surface area contributed by atoms with E-state index >= 15 is 0 Å². The van der Waals surface area contributed by atoms with Crippen molar-refractivity contribution in [2.24, 2.45) is 0 Å². The van der Waals surface area contributed by atoms with E-state index in [1.807, 2.05) is 0 Å². The summed E-state index contributed by atoms with van der Waals surface area (Å²) in [7, 11) is 0. The van der Waals surface area contributed by atoms with Gasteiger partial charge in [-0.3, -0.25) is 14.9 Å². The largest absolute Gasteiger partial charge is 0.456 e. The third-order valence-electron chi connectivity index (χ3n) is 2.91. The Hall–Kier alpha value is -2.45. The molecule has 0 atom stereocenters. The summed E-state index contributed by atoms with van der Waals surface area (Å²) in [6.07, 6.45) is 1.63. The lowest BCUT2D eigenvalue weighted by molar-refractivity contribution is -0.384. The molecule has 1 fully saturated rings. The van der Waals surface area contributed by atoms with E-state index < -0.39 is 4.92 Å². The van der Waals surface area contributed by atoms with Crippen LogP contribution in [0, 0.1) is 10.1 Å². The second-order valence-electron chi connectivity index (χ2n) is 4.33. The van der Waals surface area contributed by atoms with Crippen LogP contribution in [0.15, 0.2) is 45.7 Å². The minimum absolute atomic E-state index is 0.0290. The molecule has 0 radical (unpaired) electrons. The van der Waals surface area contributed by atoms with Crippen LogP contribution in [0.3, 0.4) is 0 Å². The molecule has 0 saturated carbocycles. The van der Waals surface area contributed by atoms with Crippen LogP contribution >= 0.6 is 24.0 Å². The van der Waals surface area contributed by atoms with Gasteiger partial charge in [-0.25, -0.2) is 0 Å². The van der Waals surface area contributed by atoms with Gasteiger partial charge < -0.3 is 9.73 Å². The fraction of sp³-hybridized carbons (Fsp3) is 0. The average molecular weight is 332 g/mol. The van der Waals surface area contributed by atoms with E-state index in [9.17, 15) is 14.9 Å². The van der Waals surface area contributed by atoms with Crippen molar-refractivity contribution in [3.63, 3.8) is 0 Å². The average Bonchev–Trinajstić information content (AvgIpc) is 3.06. The number of nitro groups is 1. The molecule has 1 aromatic heterocycles. The highest BCUT2D eigenvalue weighted by atomic mass is 32.2. The van der Waals surface area contributed by atoms with Crippen LogP contribution in [-0.4, -0.2) is 15.2 Å². The first-order valence-electron chi connectivity index (χ1n) is 6.13. The fourth-order valence-electron chi connectivity index (χ4n) is 1.97. The number of hydrogen-bond donors (Lipinski definition) is 1. The predicted octanol–water partition coefficient (Wildman–Crippen LogP) is 3.98. The molecule has 2 aromatic rings. The van der Waals surface area contributed by atoms with E-state index in [2.05, 4.69) is 5.32 Å². The highest BCUT2D eigenvalue weighted by molar-refractivity contribution is 8.19. The molecule has 0 spiro atoms. The van der Waals surface area contributed by atoms with Gasteiger partial charge >= 0.3 is 0 Å². The van der Waals surface area contributed by atoms with Crippen LogP contribution in [-0.2, 0) is 0 Å². The van der Waals surface area contributed by atoms with Gasteiger partial charge in [-0.15, -0.1) is 0 Å². The van der Waals surface area contributed by atoms with Gasteiger partial charge in [0.2, 0.25) is 0 Å². The number of hydrogen-bond acceptors (Lipinski definition) is 6. The van der Waals surface area contributed by atoms with Gasteiger partial charge in [-0.2, -0.15) is 0 Å². The van der Waals surface area contributed by atoms with E-state index in [-0.39, 0.29) is 10.9 Å². The molecule has 0 bridgehead atoms. The van der Waals surface area contributed by atoms with Crippen LogP contribution in [0.2, 0.25) is 0 Å². The number of para-hydroxylation sites is 1. The van der Waals surface area contributed by atoms with Crippen molar-refractivity contribution < 1.29 is 14.1 Å². The molecule has 0 unspecified atom stereocenters. The Kier molecular flexibility index (Phi) is 3.78. The molecule has 1 N–H and O–H groups in total. The molecule has 2 heterocycles. The van der Waals surface area contributed by atoms with Crippen LogP contribution < -0.4 is 5.32 Å². The summed E-state index contributed by atoms with van der Waals surface area (Å²) < 4.78 is 5.61. The monoisotopic (exact) mass is 332 g/mol. The minimum Gasteiger partial charge on any atom is -0.456 e. The van der Waals surface area contributed by atoms with Gasteiger partial charge in [-0.1, -0.05) is 24.4 Å². The number of thioether (sulfide) groups is 1. The van der Waals surface area contributed by atoms with Crippen molar-refractivity contribution in [3.05, 3.63) is 57.2 Å². The highest BCUT2D eigenvalue weighted by Crippen LogP contribution is 2.33. The Bertz CT molecular complexity index is 826.